The molecule has 1 atom stereocenters. The largest absolute Gasteiger partial charge is 0.437 e. The number of aromatic nitrogens is 1. The molecule has 1 aliphatic rings. The summed E-state index contributed by atoms with van der Waals surface area (Å²) in [5.41, 5.74) is 1.29. The highest BCUT2D eigenvalue weighted by Crippen LogP contribution is 2.30. The molecular weight excluding hydrogens is 348 g/mol. The fourth-order valence-corrected chi connectivity index (χ4v) is 3.05. The lowest BCUT2D eigenvalue weighted by molar-refractivity contribution is -0.124. The van der Waals surface area contributed by atoms with Crippen LogP contribution in [0.5, 0.6) is 11.6 Å². The normalized spacial score (nSPS) is 16.4. The Hall–Kier alpha value is -3.19. The molecule has 0 spiro atoms. The number of hydrogen-bond donors (Lipinski definition) is 1. The number of benzene rings is 1. The number of hydrogen-bond acceptors (Lipinski definition) is 6. The molecule has 0 aliphatic carbocycles. The van der Waals surface area contributed by atoms with Crippen LogP contribution in [0, 0.1) is 6.92 Å². The number of carbonyl (C=O) groups is 1. The number of anilines is 1. The van der Waals surface area contributed by atoms with E-state index in [9.17, 15) is 9.59 Å². The summed E-state index contributed by atoms with van der Waals surface area (Å²) in [7, 11) is 0. The third kappa shape index (κ3) is 3.68. The molecule has 1 amide bonds. The van der Waals surface area contributed by atoms with Gasteiger partial charge < -0.3 is 19.2 Å². The highest BCUT2D eigenvalue weighted by Gasteiger charge is 2.24. The lowest BCUT2D eigenvalue weighted by Crippen LogP contribution is -2.27. The molecule has 1 aromatic carbocycles. The minimum absolute atomic E-state index is 0.217. The number of fused-ring (bicyclic) bond motifs is 1. The molecule has 0 radical (unpaired) electrons. The lowest BCUT2D eigenvalue weighted by atomic mass is 10.1. The third-order valence-electron chi connectivity index (χ3n) is 4.39. The summed E-state index contributed by atoms with van der Waals surface area (Å²) in [4.78, 5) is 28.1. The van der Waals surface area contributed by atoms with Crippen molar-refractivity contribution in [2.45, 2.75) is 25.9 Å². The van der Waals surface area contributed by atoms with Gasteiger partial charge in [0.15, 0.2) is 0 Å². The molecule has 1 fully saturated rings. The fraction of sp³-hybridized carbons (Fsp3) is 0.250. The number of carbonyl (C=O) groups excluding carboxylic acids is 1. The van der Waals surface area contributed by atoms with E-state index in [0.717, 1.165) is 17.4 Å². The van der Waals surface area contributed by atoms with Gasteiger partial charge in [0.2, 0.25) is 5.88 Å². The second-order valence-electron chi connectivity index (χ2n) is 6.36. The van der Waals surface area contributed by atoms with Gasteiger partial charge in [0, 0.05) is 30.3 Å². The zero-order valence-corrected chi connectivity index (χ0v) is 14.7. The Morgan fingerprint density at radius 1 is 1.30 bits per heavy atom. The second kappa shape index (κ2) is 7.20. The summed E-state index contributed by atoms with van der Waals surface area (Å²) < 4.78 is 16.5. The fourth-order valence-electron chi connectivity index (χ4n) is 3.05. The molecule has 138 valence electrons. The summed E-state index contributed by atoms with van der Waals surface area (Å²) in [5, 5.41) is 3.63. The SMILES string of the molecule is Cc1cc(=O)oc2cc(Oc3ncccc3NC(=O)C3CCCO3)ccc12. The lowest BCUT2D eigenvalue weighted by Gasteiger charge is -2.13. The average molecular weight is 366 g/mol. The van der Waals surface area contributed by atoms with Gasteiger partial charge in [0.05, 0.1) is 0 Å². The molecule has 3 aromatic rings. The molecule has 0 bridgehead atoms. The molecule has 0 saturated carbocycles. The molecule has 7 heteroatoms. The molecular formula is C20H18N2O5. The van der Waals surface area contributed by atoms with Crippen molar-refractivity contribution in [3.05, 3.63) is 58.6 Å². The van der Waals surface area contributed by atoms with Gasteiger partial charge in [0.1, 0.15) is 23.1 Å². The van der Waals surface area contributed by atoms with Gasteiger partial charge in [-0.3, -0.25) is 4.79 Å². The molecule has 1 saturated heterocycles. The van der Waals surface area contributed by atoms with Crippen LogP contribution in [0.2, 0.25) is 0 Å². The molecule has 1 aliphatic heterocycles. The molecule has 4 rings (SSSR count). The highest BCUT2D eigenvalue weighted by molar-refractivity contribution is 5.95. The molecule has 1 unspecified atom stereocenters. The van der Waals surface area contributed by atoms with E-state index in [0.29, 0.717) is 30.0 Å². The van der Waals surface area contributed by atoms with Crippen LogP contribution in [-0.2, 0) is 9.53 Å². The Bertz CT molecular complexity index is 1050. The minimum Gasteiger partial charge on any atom is -0.437 e. The number of aryl methyl sites for hydroxylation is 1. The summed E-state index contributed by atoms with van der Waals surface area (Å²) in [6, 6.07) is 10.1. The van der Waals surface area contributed by atoms with Crippen molar-refractivity contribution in [3.63, 3.8) is 0 Å². The van der Waals surface area contributed by atoms with Crippen LogP contribution in [-0.4, -0.2) is 23.6 Å². The standard InChI is InChI=1S/C20H18N2O5/c1-12-10-18(23)27-17-11-13(6-7-14(12)17)26-20-15(4-2-8-21-20)22-19(24)16-5-3-9-25-16/h2,4,6-8,10-11,16H,3,5,9H2,1H3,(H,22,24). The molecule has 2 aromatic heterocycles. The average Bonchev–Trinajstić information content (AvgIpc) is 3.18. The zero-order chi connectivity index (χ0) is 18.8. The molecule has 27 heavy (non-hydrogen) atoms. The van der Waals surface area contributed by atoms with E-state index in [1.54, 1.807) is 30.5 Å². The van der Waals surface area contributed by atoms with Crippen molar-refractivity contribution in [1.82, 2.24) is 4.98 Å². The van der Waals surface area contributed by atoms with Crippen LogP contribution < -0.4 is 15.7 Å². The van der Waals surface area contributed by atoms with E-state index in [4.69, 9.17) is 13.9 Å². The van der Waals surface area contributed by atoms with Crippen molar-refractivity contribution in [3.8, 4) is 11.6 Å². The van der Waals surface area contributed by atoms with Crippen molar-refractivity contribution in [1.29, 1.82) is 0 Å². The van der Waals surface area contributed by atoms with Gasteiger partial charge in [-0.1, -0.05) is 0 Å². The van der Waals surface area contributed by atoms with Crippen LogP contribution in [0.15, 0.2) is 51.8 Å². The van der Waals surface area contributed by atoms with E-state index >= 15 is 0 Å². The highest BCUT2D eigenvalue weighted by atomic mass is 16.5. The Kier molecular flexibility index (Phi) is 4.60. The Labute approximate surface area is 154 Å². The third-order valence-corrected chi connectivity index (χ3v) is 4.39. The number of nitrogens with zero attached hydrogens (tertiary/aromatic N) is 1. The first kappa shape index (κ1) is 17.2. The van der Waals surface area contributed by atoms with Crippen molar-refractivity contribution < 1.29 is 18.7 Å². The first-order valence-corrected chi connectivity index (χ1v) is 8.70. The topological polar surface area (TPSA) is 90.7 Å². The Morgan fingerprint density at radius 2 is 2.19 bits per heavy atom. The van der Waals surface area contributed by atoms with Crippen LogP contribution in [0.1, 0.15) is 18.4 Å². The monoisotopic (exact) mass is 366 g/mol. The van der Waals surface area contributed by atoms with Crippen LogP contribution in [0.4, 0.5) is 5.69 Å². The first-order chi connectivity index (χ1) is 13.1. The minimum atomic E-state index is -0.448. The van der Waals surface area contributed by atoms with Crippen molar-refractivity contribution >= 4 is 22.6 Å². The molecule has 3 heterocycles. The smallest absolute Gasteiger partial charge is 0.336 e. The number of amides is 1. The van der Waals surface area contributed by atoms with E-state index in [1.165, 1.54) is 6.07 Å². The maximum Gasteiger partial charge on any atom is 0.336 e. The number of pyridine rings is 1. The van der Waals surface area contributed by atoms with Gasteiger partial charge in [-0.25, -0.2) is 9.78 Å². The van der Waals surface area contributed by atoms with Gasteiger partial charge in [-0.05, 0) is 49.6 Å². The van der Waals surface area contributed by atoms with Gasteiger partial charge in [-0.2, -0.15) is 0 Å². The number of ether oxygens (including phenoxy) is 2. The molecule has 7 nitrogen and oxygen atoms in total. The summed E-state index contributed by atoms with van der Waals surface area (Å²) in [6.45, 7) is 2.44. The first-order valence-electron chi connectivity index (χ1n) is 8.70. The van der Waals surface area contributed by atoms with E-state index < -0.39 is 11.7 Å². The summed E-state index contributed by atoms with van der Waals surface area (Å²) in [5.74, 6) is 0.478. The number of nitrogens with one attached hydrogen (secondary N) is 1. The van der Waals surface area contributed by atoms with E-state index in [1.807, 2.05) is 13.0 Å². The van der Waals surface area contributed by atoms with E-state index in [-0.39, 0.29) is 11.8 Å². The van der Waals surface area contributed by atoms with Crippen molar-refractivity contribution in [2.75, 3.05) is 11.9 Å². The second-order valence-corrected chi connectivity index (χ2v) is 6.36. The van der Waals surface area contributed by atoms with Gasteiger partial charge in [0.25, 0.3) is 5.91 Å². The van der Waals surface area contributed by atoms with Gasteiger partial charge >= 0.3 is 5.63 Å². The zero-order valence-electron chi connectivity index (χ0n) is 14.7. The summed E-state index contributed by atoms with van der Waals surface area (Å²) >= 11 is 0. The van der Waals surface area contributed by atoms with Crippen LogP contribution in [0.3, 0.4) is 0 Å². The van der Waals surface area contributed by atoms with Gasteiger partial charge in [-0.15, -0.1) is 0 Å². The predicted molar refractivity (Wildman–Crippen MR) is 99.1 cm³/mol. The maximum atomic E-state index is 12.3. The van der Waals surface area contributed by atoms with Crippen LogP contribution >= 0.6 is 0 Å². The Balaban J connectivity index is 1.60. The number of rotatable bonds is 4. The Morgan fingerprint density at radius 3 is 3.00 bits per heavy atom. The van der Waals surface area contributed by atoms with Crippen molar-refractivity contribution in [2.24, 2.45) is 0 Å². The predicted octanol–water partition coefficient (Wildman–Crippen LogP) is 3.41. The van der Waals surface area contributed by atoms with E-state index in [2.05, 4.69) is 10.3 Å². The summed E-state index contributed by atoms with van der Waals surface area (Å²) in [6.07, 6.45) is 2.69. The molecule has 1 N–H and O–H groups in total. The maximum absolute atomic E-state index is 12.3. The quantitative estimate of drug-likeness (QED) is 0.712. The van der Waals surface area contributed by atoms with Crippen LogP contribution in [0.25, 0.3) is 11.0 Å².